The molecule has 0 radical (unpaired) electrons. The standard InChI is InChI=1S/C19H14F2N4OS/c1-10-17(23-9-27-10)19(26)25-16-7-14-11(8-22-16)6-15(24-14)12-4-2-3-5-13(12)18(20)21/h2-9,18,24H,1H3,(H,22,25,26). The van der Waals surface area contributed by atoms with Gasteiger partial charge in [-0.15, -0.1) is 11.3 Å². The van der Waals surface area contributed by atoms with Crippen LogP contribution in [0.25, 0.3) is 22.2 Å². The lowest BCUT2D eigenvalue weighted by Gasteiger charge is -2.06. The smallest absolute Gasteiger partial charge is 0.276 e. The molecule has 4 rings (SSSR count). The number of aromatic amines is 1. The molecule has 0 bridgehead atoms. The number of aromatic nitrogens is 3. The number of fused-ring (bicyclic) bond motifs is 1. The number of thiazole rings is 1. The van der Waals surface area contributed by atoms with Crippen LogP contribution in [0, 0.1) is 6.92 Å². The van der Waals surface area contributed by atoms with E-state index in [0.29, 0.717) is 28.3 Å². The molecule has 3 aromatic heterocycles. The Bertz CT molecular complexity index is 1140. The van der Waals surface area contributed by atoms with Gasteiger partial charge in [0.2, 0.25) is 0 Å². The number of H-pyrrole nitrogens is 1. The Hall–Kier alpha value is -3.13. The summed E-state index contributed by atoms with van der Waals surface area (Å²) < 4.78 is 26.5. The molecule has 0 atom stereocenters. The zero-order chi connectivity index (χ0) is 19.0. The molecule has 0 saturated carbocycles. The van der Waals surface area contributed by atoms with Gasteiger partial charge in [0.25, 0.3) is 12.3 Å². The van der Waals surface area contributed by atoms with Crippen LogP contribution in [-0.2, 0) is 0 Å². The first kappa shape index (κ1) is 17.3. The topological polar surface area (TPSA) is 70.7 Å². The van der Waals surface area contributed by atoms with E-state index < -0.39 is 6.43 Å². The molecule has 3 heterocycles. The SMILES string of the molecule is Cc1scnc1C(=O)Nc1cc2[nH]c(-c3ccccc3C(F)F)cc2cn1. The summed E-state index contributed by atoms with van der Waals surface area (Å²) in [4.78, 5) is 24.5. The Morgan fingerprint density at radius 3 is 2.78 bits per heavy atom. The molecule has 1 amide bonds. The molecule has 136 valence electrons. The van der Waals surface area contributed by atoms with E-state index in [4.69, 9.17) is 0 Å². The van der Waals surface area contributed by atoms with Gasteiger partial charge in [0.05, 0.1) is 11.0 Å². The predicted molar refractivity (Wildman–Crippen MR) is 101 cm³/mol. The molecular formula is C19H14F2N4OS. The van der Waals surface area contributed by atoms with Crippen LogP contribution in [0.5, 0.6) is 0 Å². The van der Waals surface area contributed by atoms with E-state index in [-0.39, 0.29) is 11.5 Å². The third-order valence-electron chi connectivity index (χ3n) is 4.19. The molecule has 0 aliphatic carbocycles. The van der Waals surface area contributed by atoms with E-state index in [1.54, 1.807) is 42.0 Å². The van der Waals surface area contributed by atoms with Gasteiger partial charge in [0, 0.05) is 39.3 Å². The fourth-order valence-electron chi connectivity index (χ4n) is 2.87. The minimum absolute atomic E-state index is 0.0375. The normalized spacial score (nSPS) is 11.3. The highest BCUT2D eigenvalue weighted by atomic mass is 32.1. The molecule has 0 aliphatic heterocycles. The largest absolute Gasteiger partial charge is 0.354 e. The van der Waals surface area contributed by atoms with Crippen molar-refractivity contribution < 1.29 is 13.6 Å². The average Bonchev–Trinajstić information content (AvgIpc) is 3.27. The fraction of sp³-hybridized carbons (Fsp3) is 0.105. The molecule has 0 fully saturated rings. The lowest BCUT2D eigenvalue weighted by Crippen LogP contribution is -2.14. The van der Waals surface area contributed by atoms with Crippen molar-refractivity contribution in [2.75, 3.05) is 5.32 Å². The third-order valence-corrected chi connectivity index (χ3v) is 4.95. The molecule has 0 aliphatic rings. The lowest BCUT2D eigenvalue weighted by atomic mass is 10.1. The maximum absolute atomic E-state index is 13.3. The first-order chi connectivity index (χ1) is 13.0. The predicted octanol–water partition coefficient (Wildman–Crippen LogP) is 5.18. The van der Waals surface area contributed by atoms with Gasteiger partial charge in [-0.25, -0.2) is 18.7 Å². The molecule has 4 aromatic rings. The Morgan fingerprint density at radius 1 is 1.22 bits per heavy atom. The summed E-state index contributed by atoms with van der Waals surface area (Å²) in [6.45, 7) is 1.82. The van der Waals surface area contributed by atoms with Crippen LogP contribution in [0.2, 0.25) is 0 Å². The van der Waals surface area contributed by atoms with Gasteiger partial charge in [0.15, 0.2) is 0 Å². The minimum Gasteiger partial charge on any atom is -0.354 e. The van der Waals surface area contributed by atoms with Crippen LogP contribution in [-0.4, -0.2) is 20.9 Å². The number of aryl methyl sites for hydroxylation is 1. The highest BCUT2D eigenvalue weighted by Gasteiger charge is 2.16. The second-order valence-corrected chi connectivity index (χ2v) is 7.00. The molecular weight excluding hydrogens is 370 g/mol. The van der Waals surface area contributed by atoms with Crippen LogP contribution in [0.4, 0.5) is 14.6 Å². The summed E-state index contributed by atoms with van der Waals surface area (Å²) in [6.07, 6.45) is -0.981. The van der Waals surface area contributed by atoms with Crippen molar-refractivity contribution in [2.24, 2.45) is 0 Å². The van der Waals surface area contributed by atoms with Crippen molar-refractivity contribution in [2.45, 2.75) is 13.3 Å². The van der Waals surface area contributed by atoms with Crippen LogP contribution in [0.15, 0.2) is 48.1 Å². The van der Waals surface area contributed by atoms with E-state index in [9.17, 15) is 13.6 Å². The Morgan fingerprint density at radius 2 is 2.04 bits per heavy atom. The summed E-state index contributed by atoms with van der Waals surface area (Å²) in [7, 11) is 0. The summed E-state index contributed by atoms with van der Waals surface area (Å²) in [6, 6.07) is 9.79. The molecule has 1 aromatic carbocycles. The molecule has 0 unspecified atom stereocenters. The number of carbonyl (C=O) groups excluding carboxylic acids is 1. The number of amides is 1. The zero-order valence-electron chi connectivity index (χ0n) is 14.2. The first-order valence-corrected chi connectivity index (χ1v) is 8.98. The second kappa shape index (κ2) is 6.88. The van der Waals surface area contributed by atoms with Gasteiger partial charge < -0.3 is 10.3 Å². The van der Waals surface area contributed by atoms with Gasteiger partial charge >= 0.3 is 0 Å². The number of pyridine rings is 1. The number of hydrogen-bond donors (Lipinski definition) is 2. The highest BCUT2D eigenvalue weighted by molar-refractivity contribution is 7.09. The van der Waals surface area contributed by atoms with Gasteiger partial charge in [0.1, 0.15) is 11.5 Å². The quantitative estimate of drug-likeness (QED) is 0.509. The van der Waals surface area contributed by atoms with Gasteiger partial charge in [-0.3, -0.25) is 4.79 Å². The zero-order valence-corrected chi connectivity index (χ0v) is 15.0. The van der Waals surface area contributed by atoms with Crippen LogP contribution < -0.4 is 5.32 Å². The molecule has 0 saturated heterocycles. The summed E-state index contributed by atoms with van der Waals surface area (Å²) >= 11 is 1.39. The number of benzene rings is 1. The van der Waals surface area contributed by atoms with Crippen molar-refractivity contribution in [1.29, 1.82) is 0 Å². The van der Waals surface area contributed by atoms with Crippen molar-refractivity contribution in [1.82, 2.24) is 15.0 Å². The van der Waals surface area contributed by atoms with Gasteiger partial charge in [-0.1, -0.05) is 24.3 Å². The number of rotatable bonds is 4. The fourth-order valence-corrected chi connectivity index (χ4v) is 3.44. The molecule has 2 N–H and O–H groups in total. The number of nitrogens with zero attached hydrogens (tertiary/aromatic N) is 2. The summed E-state index contributed by atoms with van der Waals surface area (Å²) in [5.74, 6) is 0.0193. The number of carbonyl (C=O) groups is 1. The highest BCUT2D eigenvalue weighted by Crippen LogP contribution is 2.32. The molecule has 8 heteroatoms. The van der Waals surface area contributed by atoms with Crippen molar-refractivity contribution in [3.05, 3.63) is 64.2 Å². The summed E-state index contributed by atoms with van der Waals surface area (Å²) in [5, 5.41) is 3.47. The number of anilines is 1. The molecule has 5 nitrogen and oxygen atoms in total. The molecule has 0 spiro atoms. The first-order valence-electron chi connectivity index (χ1n) is 8.10. The van der Waals surface area contributed by atoms with E-state index in [1.807, 2.05) is 6.92 Å². The Balaban J connectivity index is 1.67. The Labute approximate surface area is 157 Å². The van der Waals surface area contributed by atoms with Crippen LogP contribution >= 0.6 is 11.3 Å². The van der Waals surface area contributed by atoms with E-state index in [0.717, 1.165) is 10.3 Å². The number of hydrogen-bond acceptors (Lipinski definition) is 4. The minimum atomic E-state index is -2.57. The third kappa shape index (κ3) is 3.31. The van der Waals surface area contributed by atoms with Crippen molar-refractivity contribution >= 4 is 34.0 Å². The Kier molecular flexibility index (Phi) is 4.41. The van der Waals surface area contributed by atoms with Gasteiger partial charge in [-0.05, 0) is 13.0 Å². The van der Waals surface area contributed by atoms with Crippen molar-refractivity contribution in [3.63, 3.8) is 0 Å². The van der Waals surface area contributed by atoms with Crippen LogP contribution in [0.3, 0.4) is 0 Å². The van der Waals surface area contributed by atoms with E-state index in [1.165, 1.54) is 17.4 Å². The lowest BCUT2D eigenvalue weighted by molar-refractivity contribution is 0.102. The number of nitrogens with one attached hydrogen (secondary N) is 2. The van der Waals surface area contributed by atoms with E-state index in [2.05, 4.69) is 20.3 Å². The summed E-state index contributed by atoms with van der Waals surface area (Å²) in [5.41, 5.74) is 3.63. The van der Waals surface area contributed by atoms with Crippen LogP contribution in [0.1, 0.15) is 27.4 Å². The maximum Gasteiger partial charge on any atom is 0.276 e. The second-order valence-electron chi connectivity index (χ2n) is 5.94. The van der Waals surface area contributed by atoms with Crippen molar-refractivity contribution in [3.8, 4) is 11.3 Å². The van der Waals surface area contributed by atoms with Gasteiger partial charge in [-0.2, -0.15) is 0 Å². The maximum atomic E-state index is 13.3. The number of alkyl halides is 2. The number of halogens is 2. The average molecular weight is 384 g/mol. The molecule has 27 heavy (non-hydrogen) atoms. The monoisotopic (exact) mass is 384 g/mol. The van der Waals surface area contributed by atoms with E-state index >= 15 is 0 Å².